The number of pyridine rings is 1. The Kier molecular flexibility index (Phi) is 6.01. The van der Waals surface area contributed by atoms with Gasteiger partial charge in [-0.15, -0.1) is 0 Å². The van der Waals surface area contributed by atoms with Gasteiger partial charge < -0.3 is 9.42 Å². The monoisotopic (exact) mass is 448 g/mol. The molecular formula is C19H24N6O5S. The van der Waals surface area contributed by atoms with Gasteiger partial charge in [0.2, 0.25) is 33.6 Å². The molecule has 4 rings (SSSR count). The summed E-state index contributed by atoms with van der Waals surface area (Å²) in [4.78, 5) is 35.5. The third kappa shape index (κ3) is 4.74. The Morgan fingerprint density at radius 2 is 1.77 bits per heavy atom. The van der Waals surface area contributed by atoms with Crippen LogP contribution in [-0.2, 0) is 19.6 Å². The molecule has 0 bridgehead atoms. The third-order valence-corrected chi connectivity index (χ3v) is 7.30. The highest BCUT2D eigenvalue weighted by Crippen LogP contribution is 2.20. The molecule has 0 N–H and O–H groups in total. The SMILES string of the molecule is Cc1nc(-c2ccc(N3CCN(S(=O)(=O)CCN4C(=O)CCCC4=O)CC3)nc2)no1. The van der Waals surface area contributed by atoms with Crippen LogP contribution in [0.3, 0.4) is 0 Å². The van der Waals surface area contributed by atoms with Gasteiger partial charge in [0.25, 0.3) is 0 Å². The van der Waals surface area contributed by atoms with Gasteiger partial charge in [0.05, 0.1) is 5.75 Å². The average Bonchev–Trinajstić information content (AvgIpc) is 3.20. The lowest BCUT2D eigenvalue weighted by atomic mass is 10.1. The largest absolute Gasteiger partial charge is 0.354 e. The van der Waals surface area contributed by atoms with Gasteiger partial charge in [-0.3, -0.25) is 14.5 Å². The summed E-state index contributed by atoms with van der Waals surface area (Å²) in [7, 11) is -3.56. The lowest BCUT2D eigenvalue weighted by molar-refractivity contribution is -0.147. The minimum Gasteiger partial charge on any atom is -0.354 e. The Labute approximate surface area is 180 Å². The first-order chi connectivity index (χ1) is 14.8. The van der Waals surface area contributed by atoms with Gasteiger partial charge in [-0.05, 0) is 18.6 Å². The number of imide groups is 1. The van der Waals surface area contributed by atoms with Crippen LogP contribution in [0.25, 0.3) is 11.4 Å². The lowest BCUT2D eigenvalue weighted by Gasteiger charge is -2.35. The second-order valence-electron chi connectivity index (χ2n) is 7.54. The summed E-state index contributed by atoms with van der Waals surface area (Å²) in [6.07, 6.45) is 2.78. The standard InChI is InChI=1S/C19H24N6O5S/c1-14-21-19(22-30-14)15-5-6-16(20-13-15)23-7-9-24(10-8-23)31(28,29)12-11-25-17(26)3-2-4-18(25)27/h5-6,13H,2-4,7-12H2,1H3. The maximum absolute atomic E-state index is 12.7. The first kappa shape index (κ1) is 21.4. The van der Waals surface area contributed by atoms with E-state index in [9.17, 15) is 18.0 Å². The Bertz CT molecular complexity index is 1040. The average molecular weight is 449 g/mol. The van der Waals surface area contributed by atoms with Crippen molar-refractivity contribution in [1.82, 2.24) is 24.3 Å². The quantitative estimate of drug-likeness (QED) is 0.578. The van der Waals surface area contributed by atoms with E-state index in [1.54, 1.807) is 13.1 Å². The second kappa shape index (κ2) is 8.71. The second-order valence-corrected chi connectivity index (χ2v) is 9.63. The van der Waals surface area contributed by atoms with E-state index in [0.717, 1.165) is 16.3 Å². The number of carbonyl (C=O) groups is 2. The van der Waals surface area contributed by atoms with Gasteiger partial charge in [0, 0.05) is 64.2 Å². The van der Waals surface area contributed by atoms with Crippen LogP contribution in [-0.4, -0.2) is 83.0 Å². The Balaban J connectivity index is 1.32. The number of piperidine rings is 1. The molecule has 2 saturated heterocycles. The maximum Gasteiger partial charge on any atom is 0.229 e. The van der Waals surface area contributed by atoms with Crippen LogP contribution in [0.5, 0.6) is 0 Å². The molecule has 0 radical (unpaired) electrons. The van der Waals surface area contributed by atoms with Crippen LogP contribution >= 0.6 is 0 Å². The molecule has 2 aliphatic rings. The van der Waals surface area contributed by atoms with Gasteiger partial charge >= 0.3 is 0 Å². The molecular weight excluding hydrogens is 424 g/mol. The fraction of sp³-hybridized carbons (Fsp3) is 0.526. The van der Waals surface area contributed by atoms with Crippen molar-refractivity contribution in [3.8, 4) is 11.4 Å². The van der Waals surface area contributed by atoms with Crippen molar-refractivity contribution in [3.05, 3.63) is 24.2 Å². The highest BCUT2D eigenvalue weighted by molar-refractivity contribution is 7.89. The molecule has 166 valence electrons. The summed E-state index contributed by atoms with van der Waals surface area (Å²) in [6.45, 7) is 3.26. The van der Waals surface area contributed by atoms with Gasteiger partial charge in [0.1, 0.15) is 5.82 Å². The molecule has 2 amide bonds. The molecule has 2 aliphatic heterocycles. The van der Waals surface area contributed by atoms with E-state index in [1.807, 2.05) is 17.0 Å². The number of aromatic nitrogens is 3. The molecule has 0 atom stereocenters. The van der Waals surface area contributed by atoms with E-state index >= 15 is 0 Å². The number of amides is 2. The Morgan fingerprint density at radius 1 is 1.06 bits per heavy atom. The number of hydrogen-bond acceptors (Lipinski definition) is 9. The van der Waals surface area contributed by atoms with Crippen LogP contribution in [0.2, 0.25) is 0 Å². The van der Waals surface area contributed by atoms with Crippen molar-refractivity contribution in [1.29, 1.82) is 0 Å². The van der Waals surface area contributed by atoms with Crippen LogP contribution in [0.15, 0.2) is 22.9 Å². The summed E-state index contributed by atoms with van der Waals surface area (Å²) in [5.41, 5.74) is 0.739. The highest BCUT2D eigenvalue weighted by atomic mass is 32.2. The molecule has 0 spiro atoms. The number of likely N-dealkylation sites (tertiary alicyclic amines) is 1. The molecule has 2 fully saturated rings. The summed E-state index contributed by atoms with van der Waals surface area (Å²) >= 11 is 0. The first-order valence-corrected chi connectivity index (χ1v) is 11.8. The topological polar surface area (TPSA) is 130 Å². The van der Waals surface area contributed by atoms with E-state index in [2.05, 4.69) is 15.1 Å². The minimum atomic E-state index is -3.56. The Hall–Kier alpha value is -2.86. The van der Waals surface area contributed by atoms with E-state index < -0.39 is 10.0 Å². The maximum atomic E-state index is 12.7. The number of piperazine rings is 1. The van der Waals surface area contributed by atoms with Crippen molar-refractivity contribution in [2.75, 3.05) is 43.4 Å². The van der Waals surface area contributed by atoms with Crippen molar-refractivity contribution in [3.63, 3.8) is 0 Å². The molecule has 12 heteroatoms. The number of hydrogen-bond donors (Lipinski definition) is 0. The predicted octanol–water partition coefficient (Wildman–Crippen LogP) is 0.431. The van der Waals surface area contributed by atoms with Gasteiger partial charge in [-0.2, -0.15) is 9.29 Å². The zero-order chi connectivity index (χ0) is 22.0. The molecule has 0 aromatic carbocycles. The van der Waals surface area contributed by atoms with Gasteiger partial charge in [-0.25, -0.2) is 13.4 Å². The number of nitrogens with zero attached hydrogens (tertiary/aromatic N) is 6. The first-order valence-electron chi connectivity index (χ1n) is 10.2. The van der Waals surface area contributed by atoms with Gasteiger partial charge in [0.15, 0.2) is 0 Å². The summed E-state index contributed by atoms with van der Waals surface area (Å²) in [5, 5.41) is 3.87. The number of anilines is 1. The van der Waals surface area contributed by atoms with E-state index in [-0.39, 0.29) is 24.1 Å². The smallest absolute Gasteiger partial charge is 0.229 e. The number of rotatable bonds is 6. The zero-order valence-electron chi connectivity index (χ0n) is 17.2. The van der Waals surface area contributed by atoms with Gasteiger partial charge in [-0.1, -0.05) is 5.16 Å². The minimum absolute atomic E-state index is 0.0845. The summed E-state index contributed by atoms with van der Waals surface area (Å²) in [6, 6.07) is 3.70. The highest BCUT2D eigenvalue weighted by Gasteiger charge is 2.31. The third-order valence-electron chi connectivity index (χ3n) is 5.45. The molecule has 31 heavy (non-hydrogen) atoms. The molecule has 0 saturated carbocycles. The van der Waals surface area contributed by atoms with E-state index in [0.29, 0.717) is 57.2 Å². The van der Waals surface area contributed by atoms with Crippen LogP contribution < -0.4 is 4.90 Å². The number of carbonyl (C=O) groups excluding carboxylic acids is 2. The normalized spacial score (nSPS) is 18.6. The number of aryl methyl sites for hydroxylation is 1. The summed E-state index contributed by atoms with van der Waals surface area (Å²) in [5.74, 6) is 0.860. The van der Waals surface area contributed by atoms with E-state index in [4.69, 9.17) is 4.52 Å². The molecule has 0 unspecified atom stereocenters. The fourth-order valence-electron chi connectivity index (χ4n) is 3.70. The van der Waals surface area contributed by atoms with Crippen molar-refractivity contribution in [2.24, 2.45) is 0 Å². The lowest BCUT2D eigenvalue weighted by Crippen LogP contribution is -2.51. The van der Waals surface area contributed by atoms with Crippen LogP contribution in [0.1, 0.15) is 25.2 Å². The molecule has 2 aromatic rings. The fourth-order valence-corrected chi connectivity index (χ4v) is 5.09. The predicted molar refractivity (Wildman–Crippen MR) is 110 cm³/mol. The summed E-state index contributed by atoms with van der Waals surface area (Å²) < 4.78 is 31.8. The van der Waals surface area contributed by atoms with Crippen molar-refractivity contribution >= 4 is 27.7 Å². The Morgan fingerprint density at radius 3 is 2.35 bits per heavy atom. The van der Waals surface area contributed by atoms with Crippen LogP contribution in [0.4, 0.5) is 5.82 Å². The molecule has 2 aromatic heterocycles. The van der Waals surface area contributed by atoms with Crippen molar-refractivity contribution < 1.29 is 22.5 Å². The number of sulfonamides is 1. The van der Waals surface area contributed by atoms with Crippen molar-refractivity contribution in [2.45, 2.75) is 26.2 Å². The molecule has 4 heterocycles. The van der Waals surface area contributed by atoms with E-state index in [1.165, 1.54) is 4.31 Å². The molecule has 0 aliphatic carbocycles. The van der Waals surface area contributed by atoms with Crippen LogP contribution in [0, 0.1) is 6.92 Å². The zero-order valence-corrected chi connectivity index (χ0v) is 18.0. The molecule has 11 nitrogen and oxygen atoms in total.